The number of likely N-dealkylation sites (tertiary alicyclic amines) is 1. The number of halogens is 1. The van der Waals surface area contributed by atoms with E-state index in [1.165, 1.54) is 13.2 Å². The minimum atomic E-state index is -0.416. The smallest absolute Gasteiger partial charge is 0.318 e. The monoisotopic (exact) mass is 346 g/mol. The molecule has 2 heterocycles. The molecule has 134 valence electrons. The number of hydrogen-bond donors (Lipinski definition) is 2. The first-order chi connectivity index (χ1) is 12.1. The minimum Gasteiger partial charge on any atom is -0.494 e. The van der Waals surface area contributed by atoms with Crippen LogP contribution >= 0.6 is 0 Å². The number of urea groups is 1. The van der Waals surface area contributed by atoms with Gasteiger partial charge in [-0.05, 0) is 43.9 Å². The quantitative estimate of drug-likeness (QED) is 0.889. The highest BCUT2D eigenvalue weighted by atomic mass is 19.1. The van der Waals surface area contributed by atoms with Gasteiger partial charge in [-0.1, -0.05) is 6.07 Å². The summed E-state index contributed by atoms with van der Waals surface area (Å²) in [5, 5.41) is 9.81. The molecule has 0 spiro atoms. The number of nitrogens with zero attached hydrogens (tertiary/aromatic N) is 2. The number of ether oxygens (including phenoxy) is 1. The number of aromatic amines is 1. The molecule has 0 radical (unpaired) electrons. The van der Waals surface area contributed by atoms with Gasteiger partial charge in [0.2, 0.25) is 0 Å². The molecule has 6 nitrogen and oxygen atoms in total. The molecular weight excluding hydrogens is 323 g/mol. The van der Waals surface area contributed by atoms with Gasteiger partial charge >= 0.3 is 6.03 Å². The van der Waals surface area contributed by atoms with Gasteiger partial charge < -0.3 is 15.0 Å². The van der Waals surface area contributed by atoms with Gasteiger partial charge in [0.25, 0.3) is 0 Å². The summed E-state index contributed by atoms with van der Waals surface area (Å²) in [5.74, 6) is -0.242. The number of nitrogens with one attached hydrogen (secondary N) is 2. The fourth-order valence-electron chi connectivity index (χ4n) is 3.26. The van der Waals surface area contributed by atoms with E-state index in [-0.39, 0.29) is 23.9 Å². The molecule has 2 amide bonds. The van der Waals surface area contributed by atoms with Gasteiger partial charge in [-0.2, -0.15) is 5.10 Å². The second-order valence-corrected chi connectivity index (χ2v) is 6.30. The number of carbonyl (C=O) groups excluding carboxylic acids is 1. The van der Waals surface area contributed by atoms with Gasteiger partial charge in [0, 0.05) is 18.3 Å². The first-order valence-corrected chi connectivity index (χ1v) is 8.49. The number of methoxy groups -OCH3 is 1. The molecule has 1 aliphatic heterocycles. The third-order valence-electron chi connectivity index (χ3n) is 4.68. The molecule has 3 rings (SSSR count). The van der Waals surface area contributed by atoms with E-state index in [0.717, 1.165) is 30.4 Å². The van der Waals surface area contributed by atoms with Crippen molar-refractivity contribution in [2.24, 2.45) is 0 Å². The summed E-state index contributed by atoms with van der Waals surface area (Å²) in [4.78, 5) is 14.6. The Labute approximate surface area is 146 Å². The average molecular weight is 346 g/mol. The summed E-state index contributed by atoms with van der Waals surface area (Å²) in [7, 11) is 1.43. The summed E-state index contributed by atoms with van der Waals surface area (Å²) in [6.45, 7) is 2.59. The van der Waals surface area contributed by atoms with Crippen molar-refractivity contribution < 1.29 is 13.9 Å². The van der Waals surface area contributed by atoms with E-state index in [1.807, 2.05) is 18.0 Å². The average Bonchev–Trinajstić information content (AvgIpc) is 3.16. The van der Waals surface area contributed by atoms with Gasteiger partial charge in [0.05, 0.1) is 25.4 Å². The molecular formula is C18H23FN4O2. The lowest BCUT2D eigenvalue weighted by Gasteiger charge is -2.36. The maximum absolute atomic E-state index is 13.6. The maximum Gasteiger partial charge on any atom is 0.318 e. The van der Waals surface area contributed by atoms with Gasteiger partial charge in [-0.3, -0.25) is 5.10 Å². The van der Waals surface area contributed by atoms with Gasteiger partial charge in [-0.15, -0.1) is 0 Å². The third-order valence-corrected chi connectivity index (χ3v) is 4.68. The first-order valence-electron chi connectivity index (χ1n) is 8.49. The molecule has 2 atom stereocenters. The SMILES string of the molecule is COc1cc([C@H](C)NC(=O)N2CCCC[C@H]2c2cn[nH]c2)ccc1F. The van der Waals surface area contributed by atoms with Gasteiger partial charge in [0.15, 0.2) is 11.6 Å². The predicted octanol–water partition coefficient (Wildman–Crippen LogP) is 3.56. The Hall–Kier alpha value is -2.57. The van der Waals surface area contributed by atoms with Crippen LogP contribution in [0.4, 0.5) is 9.18 Å². The zero-order valence-electron chi connectivity index (χ0n) is 14.5. The van der Waals surface area contributed by atoms with Crippen LogP contribution in [0.15, 0.2) is 30.6 Å². The normalized spacial score (nSPS) is 18.7. The molecule has 2 aromatic rings. The summed E-state index contributed by atoms with van der Waals surface area (Å²) in [6.07, 6.45) is 6.60. The van der Waals surface area contributed by atoms with E-state index in [2.05, 4.69) is 15.5 Å². The number of carbonyl (C=O) groups is 1. The van der Waals surface area contributed by atoms with Crippen molar-refractivity contribution in [2.75, 3.05) is 13.7 Å². The summed E-state index contributed by atoms with van der Waals surface area (Å²) >= 11 is 0. The van der Waals surface area contributed by atoms with Crippen molar-refractivity contribution in [1.82, 2.24) is 20.4 Å². The lowest BCUT2D eigenvalue weighted by molar-refractivity contribution is 0.149. The Balaban J connectivity index is 1.71. The molecule has 1 aliphatic rings. The topological polar surface area (TPSA) is 70.2 Å². The van der Waals surface area contributed by atoms with E-state index >= 15 is 0 Å². The second kappa shape index (κ2) is 7.55. The highest BCUT2D eigenvalue weighted by Gasteiger charge is 2.29. The van der Waals surface area contributed by atoms with Crippen LogP contribution in [-0.4, -0.2) is 34.8 Å². The molecule has 0 unspecified atom stereocenters. The van der Waals surface area contributed by atoms with E-state index in [4.69, 9.17) is 4.74 Å². The molecule has 2 N–H and O–H groups in total. The fourth-order valence-corrected chi connectivity index (χ4v) is 3.26. The number of hydrogen-bond acceptors (Lipinski definition) is 3. The fraction of sp³-hybridized carbons (Fsp3) is 0.444. The van der Waals surface area contributed by atoms with Crippen LogP contribution in [0.25, 0.3) is 0 Å². The third kappa shape index (κ3) is 3.75. The maximum atomic E-state index is 13.6. The Morgan fingerprint density at radius 1 is 1.48 bits per heavy atom. The highest BCUT2D eigenvalue weighted by Crippen LogP contribution is 2.31. The highest BCUT2D eigenvalue weighted by molar-refractivity contribution is 5.75. The summed E-state index contributed by atoms with van der Waals surface area (Å²) < 4.78 is 18.6. The van der Waals surface area contributed by atoms with Crippen molar-refractivity contribution in [3.05, 3.63) is 47.5 Å². The Morgan fingerprint density at radius 2 is 2.32 bits per heavy atom. The van der Waals surface area contributed by atoms with E-state index < -0.39 is 5.82 Å². The van der Waals surface area contributed by atoms with Crippen molar-refractivity contribution in [2.45, 2.75) is 38.3 Å². The number of piperidine rings is 1. The number of H-pyrrole nitrogens is 1. The van der Waals surface area contributed by atoms with E-state index in [9.17, 15) is 9.18 Å². The number of aromatic nitrogens is 2. The van der Waals surface area contributed by atoms with Crippen molar-refractivity contribution >= 4 is 6.03 Å². The second-order valence-electron chi connectivity index (χ2n) is 6.30. The van der Waals surface area contributed by atoms with E-state index in [1.54, 1.807) is 18.3 Å². The van der Waals surface area contributed by atoms with Crippen molar-refractivity contribution in [3.63, 3.8) is 0 Å². The van der Waals surface area contributed by atoms with Crippen LogP contribution in [0.1, 0.15) is 49.4 Å². The Morgan fingerprint density at radius 3 is 3.04 bits per heavy atom. The van der Waals surface area contributed by atoms with Gasteiger partial charge in [-0.25, -0.2) is 9.18 Å². The largest absolute Gasteiger partial charge is 0.494 e. The van der Waals surface area contributed by atoms with Crippen LogP contribution < -0.4 is 10.1 Å². The number of rotatable bonds is 4. The molecule has 25 heavy (non-hydrogen) atoms. The standard InChI is InChI=1S/C18H23FN4O2/c1-12(13-6-7-15(19)17(9-13)25-2)22-18(24)23-8-4-3-5-16(23)14-10-20-21-11-14/h6-7,9-12,16H,3-5,8H2,1-2H3,(H,20,21)(H,22,24)/t12-,16-/m0/s1. The Kier molecular flexibility index (Phi) is 5.21. The number of benzene rings is 1. The Bertz CT molecular complexity index is 720. The summed E-state index contributed by atoms with van der Waals surface area (Å²) in [5.41, 5.74) is 1.81. The van der Waals surface area contributed by atoms with Crippen LogP contribution in [-0.2, 0) is 0 Å². The first kappa shape index (κ1) is 17.3. The zero-order valence-corrected chi connectivity index (χ0v) is 14.5. The predicted molar refractivity (Wildman–Crippen MR) is 91.8 cm³/mol. The van der Waals surface area contributed by atoms with Crippen LogP contribution in [0.5, 0.6) is 5.75 Å². The van der Waals surface area contributed by atoms with Crippen molar-refractivity contribution in [1.29, 1.82) is 0 Å². The number of amides is 2. The minimum absolute atomic E-state index is 0.0300. The molecule has 7 heteroatoms. The van der Waals surface area contributed by atoms with E-state index in [0.29, 0.717) is 6.54 Å². The molecule has 0 aliphatic carbocycles. The van der Waals surface area contributed by atoms with Gasteiger partial charge in [0.1, 0.15) is 0 Å². The molecule has 1 fully saturated rings. The van der Waals surface area contributed by atoms with Crippen LogP contribution in [0, 0.1) is 5.82 Å². The van der Waals surface area contributed by atoms with Crippen LogP contribution in [0.3, 0.4) is 0 Å². The summed E-state index contributed by atoms with van der Waals surface area (Å²) in [6, 6.07) is 4.28. The lowest BCUT2D eigenvalue weighted by Crippen LogP contribution is -2.45. The zero-order chi connectivity index (χ0) is 17.8. The van der Waals surface area contributed by atoms with Crippen LogP contribution in [0.2, 0.25) is 0 Å². The molecule has 1 aromatic heterocycles. The van der Waals surface area contributed by atoms with Crippen molar-refractivity contribution in [3.8, 4) is 5.75 Å². The lowest BCUT2D eigenvalue weighted by atomic mass is 9.98. The molecule has 0 saturated carbocycles. The molecule has 1 aromatic carbocycles. The molecule has 0 bridgehead atoms. The molecule has 1 saturated heterocycles.